The molecule has 1 amide bonds. The standard InChI is InChI=1S/C13H22N2O2.CH3Cl.H3N/c1-6-12(16)10-15(4,5)9-7-8-14-13(17)11(2)3;1-2;/h6H,1-2,7-10H2,3-5H3;1H3;1H3/p+1. The van der Waals surface area contributed by atoms with Gasteiger partial charge >= 0.3 is 0 Å². The van der Waals surface area contributed by atoms with E-state index in [-0.39, 0.29) is 17.8 Å². The van der Waals surface area contributed by atoms with Crippen LogP contribution in [0.4, 0.5) is 0 Å². The summed E-state index contributed by atoms with van der Waals surface area (Å²) < 4.78 is 0.605. The summed E-state index contributed by atoms with van der Waals surface area (Å²) in [6.07, 6.45) is 3.65. The number of carbonyl (C=O) groups excluding carboxylic acids is 2. The van der Waals surface area contributed by atoms with Crippen LogP contribution in [-0.4, -0.2) is 56.3 Å². The first-order chi connectivity index (χ1) is 8.78. The van der Waals surface area contributed by atoms with E-state index in [1.807, 2.05) is 14.1 Å². The number of alkyl halides is 1. The molecule has 0 aromatic heterocycles. The molecule has 0 bridgehead atoms. The maximum atomic E-state index is 11.2. The van der Waals surface area contributed by atoms with Crippen molar-refractivity contribution in [3.63, 3.8) is 0 Å². The van der Waals surface area contributed by atoms with E-state index in [0.29, 0.717) is 23.1 Å². The molecule has 0 atom stereocenters. The molecule has 0 aliphatic rings. The zero-order valence-corrected chi connectivity index (χ0v) is 13.9. The van der Waals surface area contributed by atoms with Gasteiger partial charge in [0.2, 0.25) is 11.7 Å². The number of nitrogens with zero attached hydrogens (tertiary/aromatic N) is 1. The Labute approximate surface area is 127 Å². The molecule has 0 aromatic carbocycles. The van der Waals surface area contributed by atoms with E-state index in [2.05, 4.69) is 30.1 Å². The first kappa shape index (κ1) is 23.9. The van der Waals surface area contributed by atoms with Crippen LogP contribution in [-0.2, 0) is 9.59 Å². The largest absolute Gasteiger partial charge is 0.352 e. The van der Waals surface area contributed by atoms with Gasteiger partial charge in [0.1, 0.15) is 6.54 Å². The predicted molar refractivity (Wildman–Crippen MR) is 86.3 cm³/mol. The van der Waals surface area contributed by atoms with E-state index in [4.69, 9.17) is 0 Å². The number of halogens is 1. The Balaban J connectivity index is -0.000000916. The third-order valence-electron chi connectivity index (χ3n) is 2.42. The maximum absolute atomic E-state index is 11.2. The summed E-state index contributed by atoms with van der Waals surface area (Å²) in [6, 6.07) is 0. The number of rotatable bonds is 8. The maximum Gasteiger partial charge on any atom is 0.246 e. The van der Waals surface area contributed by atoms with Crippen LogP contribution in [0.5, 0.6) is 0 Å². The third-order valence-corrected chi connectivity index (χ3v) is 2.42. The molecule has 4 N–H and O–H groups in total. The lowest BCUT2D eigenvalue weighted by Crippen LogP contribution is -2.45. The minimum atomic E-state index is -0.113. The fraction of sp³-hybridized carbons (Fsp3) is 0.571. The highest BCUT2D eigenvalue weighted by Crippen LogP contribution is 1.99. The molecule has 0 saturated heterocycles. The van der Waals surface area contributed by atoms with Crippen molar-refractivity contribution < 1.29 is 14.1 Å². The lowest BCUT2D eigenvalue weighted by molar-refractivity contribution is -0.882. The Morgan fingerprint density at radius 2 is 1.80 bits per heavy atom. The van der Waals surface area contributed by atoms with E-state index >= 15 is 0 Å². The quantitative estimate of drug-likeness (QED) is 0.311. The zero-order valence-electron chi connectivity index (χ0n) is 13.2. The van der Waals surface area contributed by atoms with Crippen molar-refractivity contribution in [2.75, 3.05) is 40.1 Å². The van der Waals surface area contributed by atoms with Crippen molar-refractivity contribution in [2.24, 2.45) is 0 Å². The second-order valence-corrected chi connectivity index (χ2v) is 4.88. The highest BCUT2D eigenvalue weighted by Gasteiger charge is 2.17. The number of hydrogen-bond acceptors (Lipinski definition) is 3. The Hall–Kier alpha value is -1.17. The number of likely N-dealkylation sites (N-methyl/N-ethyl adjacent to an activating group) is 1. The fourth-order valence-electron chi connectivity index (χ4n) is 1.43. The Morgan fingerprint density at radius 3 is 2.20 bits per heavy atom. The number of hydrogen-bond donors (Lipinski definition) is 2. The summed E-state index contributed by atoms with van der Waals surface area (Å²) >= 11 is 4.64. The van der Waals surface area contributed by atoms with Crippen LogP contribution < -0.4 is 11.5 Å². The molecule has 0 unspecified atom stereocenters. The van der Waals surface area contributed by atoms with Gasteiger partial charge in [-0.05, 0) is 13.0 Å². The highest BCUT2D eigenvalue weighted by molar-refractivity contribution is 6.15. The van der Waals surface area contributed by atoms with Gasteiger partial charge in [-0.15, -0.1) is 11.6 Å². The Kier molecular flexibility index (Phi) is 15.3. The molecule has 20 heavy (non-hydrogen) atoms. The van der Waals surface area contributed by atoms with Crippen LogP contribution in [0.25, 0.3) is 0 Å². The molecular weight excluding hydrogens is 278 g/mol. The first-order valence-corrected chi connectivity index (χ1v) is 6.83. The number of amides is 1. The molecule has 0 aliphatic carbocycles. The monoisotopic (exact) mass is 306 g/mol. The van der Waals surface area contributed by atoms with E-state index in [1.165, 1.54) is 12.5 Å². The van der Waals surface area contributed by atoms with Gasteiger partial charge in [-0.25, -0.2) is 0 Å². The van der Waals surface area contributed by atoms with Crippen molar-refractivity contribution in [1.82, 2.24) is 11.5 Å². The van der Waals surface area contributed by atoms with E-state index < -0.39 is 0 Å². The molecule has 0 aliphatic heterocycles. The molecule has 0 rings (SSSR count). The van der Waals surface area contributed by atoms with Gasteiger partial charge in [0.25, 0.3) is 0 Å². The first-order valence-electron chi connectivity index (χ1n) is 6.07. The summed E-state index contributed by atoms with van der Waals surface area (Å²) in [5.41, 5.74) is 0.514. The lowest BCUT2D eigenvalue weighted by Gasteiger charge is -2.28. The van der Waals surface area contributed by atoms with Crippen molar-refractivity contribution in [2.45, 2.75) is 13.3 Å². The van der Waals surface area contributed by atoms with Gasteiger partial charge in [-0.3, -0.25) is 9.59 Å². The van der Waals surface area contributed by atoms with Crippen molar-refractivity contribution in [3.05, 3.63) is 24.8 Å². The topological polar surface area (TPSA) is 81.2 Å². The SMILES string of the molecule is C=CC(=O)C[N+](C)(C)CCCNC(=O)C(=C)C.CCl.N. The number of carbonyl (C=O) groups is 2. The fourth-order valence-corrected chi connectivity index (χ4v) is 1.43. The molecule has 6 heteroatoms. The van der Waals surface area contributed by atoms with Crippen molar-refractivity contribution >= 4 is 23.3 Å². The Morgan fingerprint density at radius 1 is 1.30 bits per heavy atom. The van der Waals surface area contributed by atoms with Gasteiger partial charge in [-0.2, -0.15) is 0 Å². The predicted octanol–water partition coefficient (Wildman–Crippen LogP) is 1.92. The summed E-state index contributed by atoms with van der Waals surface area (Å²) in [6.45, 7) is 10.6. The lowest BCUT2D eigenvalue weighted by atomic mass is 10.2. The van der Waals surface area contributed by atoms with Crippen molar-refractivity contribution in [1.29, 1.82) is 0 Å². The van der Waals surface area contributed by atoms with E-state index in [9.17, 15) is 9.59 Å². The second-order valence-electron chi connectivity index (χ2n) is 4.88. The Bertz CT molecular complexity index is 328. The van der Waals surface area contributed by atoms with E-state index in [1.54, 1.807) is 6.92 Å². The molecule has 0 spiro atoms. The number of ketones is 1. The summed E-state index contributed by atoms with van der Waals surface area (Å²) in [7, 11) is 3.98. The van der Waals surface area contributed by atoms with Crippen LogP contribution in [0.2, 0.25) is 0 Å². The summed E-state index contributed by atoms with van der Waals surface area (Å²) in [4.78, 5) is 22.5. The zero-order chi connectivity index (χ0) is 15.5. The molecule has 0 heterocycles. The summed E-state index contributed by atoms with van der Waals surface area (Å²) in [5.74, 6) is -0.0709. The van der Waals surface area contributed by atoms with Crippen LogP contribution in [0.3, 0.4) is 0 Å². The van der Waals surface area contributed by atoms with Gasteiger partial charge < -0.3 is 16.0 Å². The molecule has 0 aromatic rings. The number of quaternary nitrogens is 1. The van der Waals surface area contributed by atoms with Gasteiger partial charge in [0.15, 0.2) is 0 Å². The molecule has 0 saturated carbocycles. The normalized spacial score (nSPS) is 9.45. The van der Waals surface area contributed by atoms with Crippen LogP contribution in [0, 0.1) is 0 Å². The van der Waals surface area contributed by atoms with Gasteiger partial charge in [0, 0.05) is 24.9 Å². The molecular formula is C14H29ClN3O2+. The van der Waals surface area contributed by atoms with Crippen LogP contribution >= 0.6 is 11.6 Å². The number of nitrogens with one attached hydrogen (secondary N) is 1. The second kappa shape index (κ2) is 12.8. The molecule has 5 nitrogen and oxygen atoms in total. The average Bonchev–Trinajstić information content (AvgIpc) is 2.36. The molecule has 0 radical (unpaired) electrons. The average molecular weight is 307 g/mol. The van der Waals surface area contributed by atoms with Gasteiger partial charge in [-0.1, -0.05) is 13.2 Å². The smallest absolute Gasteiger partial charge is 0.246 e. The molecule has 0 fully saturated rings. The third kappa shape index (κ3) is 13.3. The minimum Gasteiger partial charge on any atom is -0.352 e. The highest BCUT2D eigenvalue weighted by atomic mass is 35.5. The minimum absolute atomic E-state index is 0. The van der Waals surface area contributed by atoms with Crippen LogP contribution in [0.15, 0.2) is 24.8 Å². The molecule has 118 valence electrons. The van der Waals surface area contributed by atoms with E-state index in [0.717, 1.165) is 13.0 Å². The van der Waals surface area contributed by atoms with Gasteiger partial charge in [0.05, 0.1) is 20.6 Å². The van der Waals surface area contributed by atoms with Crippen molar-refractivity contribution in [3.8, 4) is 0 Å². The van der Waals surface area contributed by atoms with Crippen LogP contribution in [0.1, 0.15) is 13.3 Å². The summed E-state index contributed by atoms with van der Waals surface area (Å²) in [5, 5.41) is 2.77.